The zero-order chi connectivity index (χ0) is 13.8. The number of aliphatic carboxylic acids is 1. The molecule has 0 fully saturated rings. The van der Waals surface area contributed by atoms with Gasteiger partial charge in [-0.05, 0) is 25.1 Å². The van der Waals surface area contributed by atoms with Gasteiger partial charge in [0, 0.05) is 12.0 Å². The minimum Gasteiger partial charge on any atom is -0.497 e. The van der Waals surface area contributed by atoms with Crippen LogP contribution in [0.25, 0.3) is 0 Å². The predicted octanol–water partition coefficient (Wildman–Crippen LogP) is 1.47. The van der Waals surface area contributed by atoms with E-state index in [2.05, 4.69) is 0 Å². The molecule has 0 aliphatic heterocycles. The molecule has 18 heavy (non-hydrogen) atoms. The third kappa shape index (κ3) is 3.92. The molecule has 0 spiro atoms. The first-order valence-electron chi connectivity index (χ1n) is 5.53. The van der Waals surface area contributed by atoms with E-state index in [0.29, 0.717) is 17.1 Å². The highest BCUT2D eigenvalue weighted by Crippen LogP contribution is 2.28. The average molecular weight is 254 g/mol. The standard InChI is InChI=1S/C13H18O5/c1-13(16,8-12(14)15)7-9-6-10(17-2)4-5-11(9)18-3/h4-6,16H,7-8H2,1-3H3,(H,14,15). The summed E-state index contributed by atoms with van der Waals surface area (Å²) in [5.41, 5.74) is -0.617. The van der Waals surface area contributed by atoms with Crippen molar-refractivity contribution in [2.45, 2.75) is 25.4 Å². The summed E-state index contributed by atoms with van der Waals surface area (Å²) in [5, 5.41) is 18.8. The van der Waals surface area contributed by atoms with Crippen molar-refractivity contribution in [3.63, 3.8) is 0 Å². The van der Waals surface area contributed by atoms with Crippen LogP contribution in [-0.2, 0) is 11.2 Å². The van der Waals surface area contributed by atoms with E-state index in [4.69, 9.17) is 14.6 Å². The van der Waals surface area contributed by atoms with Gasteiger partial charge in [-0.15, -0.1) is 0 Å². The van der Waals surface area contributed by atoms with Gasteiger partial charge in [0.2, 0.25) is 0 Å². The van der Waals surface area contributed by atoms with E-state index < -0.39 is 11.6 Å². The third-order valence-electron chi connectivity index (χ3n) is 2.59. The molecule has 1 unspecified atom stereocenters. The summed E-state index contributed by atoms with van der Waals surface area (Å²) in [7, 11) is 3.07. The normalized spacial score (nSPS) is 13.8. The number of ether oxygens (including phenoxy) is 2. The van der Waals surface area contributed by atoms with Gasteiger partial charge in [0.05, 0.1) is 26.2 Å². The number of methoxy groups -OCH3 is 2. The lowest BCUT2D eigenvalue weighted by atomic mass is 9.92. The van der Waals surface area contributed by atoms with Crippen LogP contribution in [-0.4, -0.2) is 36.0 Å². The monoisotopic (exact) mass is 254 g/mol. The minimum absolute atomic E-state index is 0.180. The van der Waals surface area contributed by atoms with Crippen LogP contribution in [0.4, 0.5) is 0 Å². The molecular formula is C13H18O5. The van der Waals surface area contributed by atoms with E-state index in [-0.39, 0.29) is 12.8 Å². The summed E-state index contributed by atoms with van der Waals surface area (Å²) < 4.78 is 10.3. The first-order chi connectivity index (χ1) is 8.38. The Hall–Kier alpha value is -1.75. The maximum absolute atomic E-state index is 10.7. The number of carboxylic acid groups (broad SMARTS) is 1. The van der Waals surface area contributed by atoms with Crippen molar-refractivity contribution in [2.75, 3.05) is 14.2 Å². The van der Waals surface area contributed by atoms with Crippen LogP contribution in [0.5, 0.6) is 11.5 Å². The predicted molar refractivity (Wildman–Crippen MR) is 66.1 cm³/mol. The molecule has 0 saturated heterocycles. The Kier molecular flexibility index (Phi) is 4.55. The number of hydrogen-bond donors (Lipinski definition) is 2. The van der Waals surface area contributed by atoms with Gasteiger partial charge < -0.3 is 19.7 Å². The highest BCUT2D eigenvalue weighted by Gasteiger charge is 2.26. The minimum atomic E-state index is -1.33. The highest BCUT2D eigenvalue weighted by atomic mass is 16.5. The molecule has 0 radical (unpaired) electrons. The molecule has 0 aliphatic rings. The Morgan fingerprint density at radius 2 is 2.00 bits per heavy atom. The zero-order valence-corrected chi connectivity index (χ0v) is 10.8. The molecular weight excluding hydrogens is 236 g/mol. The Morgan fingerprint density at radius 1 is 1.33 bits per heavy atom. The van der Waals surface area contributed by atoms with Gasteiger partial charge in [-0.1, -0.05) is 0 Å². The van der Waals surface area contributed by atoms with E-state index >= 15 is 0 Å². The largest absolute Gasteiger partial charge is 0.497 e. The van der Waals surface area contributed by atoms with E-state index in [9.17, 15) is 9.90 Å². The van der Waals surface area contributed by atoms with Crippen molar-refractivity contribution in [1.82, 2.24) is 0 Å². The second kappa shape index (κ2) is 5.73. The smallest absolute Gasteiger partial charge is 0.306 e. The molecule has 1 rings (SSSR count). The van der Waals surface area contributed by atoms with Crippen molar-refractivity contribution < 1.29 is 24.5 Å². The van der Waals surface area contributed by atoms with Crippen LogP contribution in [0, 0.1) is 0 Å². The van der Waals surface area contributed by atoms with Crippen molar-refractivity contribution in [3.8, 4) is 11.5 Å². The summed E-state index contributed by atoms with van der Waals surface area (Å²) in [4.78, 5) is 10.7. The molecule has 1 aromatic rings. The van der Waals surface area contributed by atoms with E-state index in [1.807, 2.05) is 0 Å². The van der Waals surface area contributed by atoms with Crippen LogP contribution in [0.3, 0.4) is 0 Å². The summed E-state index contributed by atoms with van der Waals surface area (Å²) >= 11 is 0. The summed E-state index contributed by atoms with van der Waals surface area (Å²) in [6.45, 7) is 1.49. The third-order valence-corrected chi connectivity index (χ3v) is 2.59. The van der Waals surface area contributed by atoms with Crippen molar-refractivity contribution in [1.29, 1.82) is 0 Å². The molecule has 0 heterocycles. The fourth-order valence-electron chi connectivity index (χ4n) is 1.82. The van der Waals surface area contributed by atoms with Gasteiger partial charge in [0.15, 0.2) is 0 Å². The number of aliphatic hydroxyl groups is 1. The van der Waals surface area contributed by atoms with Gasteiger partial charge in [-0.25, -0.2) is 0 Å². The maximum atomic E-state index is 10.7. The molecule has 5 heteroatoms. The molecule has 1 atom stereocenters. The van der Waals surface area contributed by atoms with Gasteiger partial charge in [-0.2, -0.15) is 0 Å². The lowest BCUT2D eigenvalue weighted by Crippen LogP contribution is -2.30. The van der Waals surface area contributed by atoms with Crippen LogP contribution in [0.1, 0.15) is 18.9 Å². The second-order valence-electron chi connectivity index (χ2n) is 4.42. The number of benzene rings is 1. The summed E-state index contributed by atoms with van der Waals surface area (Å²) in [6.07, 6.45) is -0.146. The Labute approximate surface area is 106 Å². The molecule has 100 valence electrons. The van der Waals surface area contributed by atoms with Crippen molar-refractivity contribution in [3.05, 3.63) is 23.8 Å². The lowest BCUT2D eigenvalue weighted by molar-refractivity contribution is -0.141. The number of hydrogen-bond acceptors (Lipinski definition) is 4. The Bertz CT molecular complexity index is 425. The summed E-state index contributed by atoms with van der Waals surface area (Å²) in [5.74, 6) is 0.195. The number of carboxylic acids is 1. The van der Waals surface area contributed by atoms with Gasteiger partial charge >= 0.3 is 5.97 Å². The quantitative estimate of drug-likeness (QED) is 0.804. The first kappa shape index (κ1) is 14.3. The van der Waals surface area contributed by atoms with E-state index in [1.54, 1.807) is 25.3 Å². The van der Waals surface area contributed by atoms with Crippen LogP contribution < -0.4 is 9.47 Å². The topological polar surface area (TPSA) is 76.0 Å². The van der Waals surface area contributed by atoms with E-state index in [1.165, 1.54) is 14.0 Å². The molecule has 5 nitrogen and oxygen atoms in total. The van der Waals surface area contributed by atoms with Crippen molar-refractivity contribution in [2.24, 2.45) is 0 Å². The first-order valence-corrected chi connectivity index (χ1v) is 5.53. The SMILES string of the molecule is COc1ccc(OC)c(CC(C)(O)CC(=O)O)c1. The highest BCUT2D eigenvalue weighted by molar-refractivity contribution is 5.68. The summed E-state index contributed by atoms with van der Waals surface area (Å²) in [6, 6.07) is 5.20. The molecule has 0 saturated carbocycles. The molecule has 0 aliphatic carbocycles. The van der Waals surface area contributed by atoms with Crippen LogP contribution in [0.2, 0.25) is 0 Å². The molecule has 0 aromatic heterocycles. The van der Waals surface area contributed by atoms with Crippen LogP contribution in [0.15, 0.2) is 18.2 Å². The van der Waals surface area contributed by atoms with Gasteiger partial charge in [0.1, 0.15) is 11.5 Å². The van der Waals surface area contributed by atoms with Crippen molar-refractivity contribution >= 4 is 5.97 Å². The lowest BCUT2D eigenvalue weighted by Gasteiger charge is -2.22. The fourth-order valence-corrected chi connectivity index (χ4v) is 1.82. The van der Waals surface area contributed by atoms with Gasteiger partial charge in [-0.3, -0.25) is 4.79 Å². The number of carbonyl (C=O) groups is 1. The van der Waals surface area contributed by atoms with Crippen LogP contribution >= 0.6 is 0 Å². The second-order valence-corrected chi connectivity index (χ2v) is 4.42. The zero-order valence-electron chi connectivity index (χ0n) is 10.8. The van der Waals surface area contributed by atoms with Gasteiger partial charge in [0.25, 0.3) is 0 Å². The Morgan fingerprint density at radius 3 is 2.50 bits per heavy atom. The Balaban J connectivity index is 2.97. The molecule has 0 amide bonds. The molecule has 0 bridgehead atoms. The number of rotatable bonds is 6. The molecule has 2 N–H and O–H groups in total. The molecule has 1 aromatic carbocycles. The average Bonchev–Trinajstić information content (AvgIpc) is 2.26. The maximum Gasteiger partial charge on any atom is 0.306 e. The fraction of sp³-hybridized carbons (Fsp3) is 0.462. The van der Waals surface area contributed by atoms with E-state index in [0.717, 1.165) is 0 Å².